The lowest BCUT2D eigenvalue weighted by Gasteiger charge is -2.18. The number of ether oxygens (including phenoxy) is 3. The van der Waals surface area contributed by atoms with E-state index in [1.165, 1.54) is 180 Å². The van der Waals surface area contributed by atoms with Crippen LogP contribution >= 0.6 is 0 Å². The lowest BCUT2D eigenvalue weighted by molar-refractivity contribution is -0.167. The molecular formula is C62H112O6. The molecule has 0 fully saturated rings. The predicted octanol–water partition coefficient (Wildman–Crippen LogP) is 19.8. The lowest BCUT2D eigenvalue weighted by Crippen LogP contribution is -2.30. The molecule has 1 unspecified atom stereocenters. The summed E-state index contributed by atoms with van der Waals surface area (Å²) in [5, 5.41) is 0. The Hall–Kier alpha value is -2.63. The Morgan fingerprint density at radius 2 is 0.529 bits per heavy atom. The van der Waals surface area contributed by atoms with Gasteiger partial charge in [-0.2, -0.15) is 0 Å². The van der Waals surface area contributed by atoms with Crippen LogP contribution in [0.1, 0.15) is 310 Å². The predicted molar refractivity (Wildman–Crippen MR) is 293 cm³/mol. The fraction of sp³-hybridized carbons (Fsp3) is 0.823. The average Bonchev–Trinajstić information content (AvgIpc) is 3.34. The van der Waals surface area contributed by atoms with Crippen LogP contribution in [0.15, 0.2) is 48.6 Å². The molecule has 0 aliphatic rings. The molecule has 0 bridgehead atoms. The second-order valence-corrected chi connectivity index (χ2v) is 19.9. The Bertz CT molecular complexity index is 1190. The van der Waals surface area contributed by atoms with Crippen molar-refractivity contribution < 1.29 is 28.6 Å². The summed E-state index contributed by atoms with van der Waals surface area (Å²) in [6, 6.07) is 0. The maximum Gasteiger partial charge on any atom is 0.306 e. The Kier molecular flexibility index (Phi) is 54.8. The number of hydrogen-bond acceptors (Lipinski definition) is 6. The molecule has 0 rings (SSSR count). The third-order valence-corrected chi connectivity index (χ3v) is 13.1. The summed E-state index contributed by atoms with van der Waals surface area (Å²) in [4.78, 5) is 37.9. The van der Waals surface area contributed by atoms with Gasteiger partial charge in [-0.25, -0.2) is 0 Å². The third-order valence-electron chi connectivity index (χ3n) is 13.1. The van der Waals surface area contributed by atoms with Crippen molar-refractivity contribution in [2.24, 2.45) is 0 Å². The van der Waals surface area contributed by atoms with Crippen molar-refractivity contribution in [1.82, 2.24) is 0 Å². The van der Waals surface area contributed by atoms with Crippen molar-refractivity contribution in [3.8, 4) is 0 Å². The first-order valence-electron chi connectivity index (χ1n) is 29.6. The number of esters is 3. The second kappa shape index (κ2) is 57.0. The molecule has 0 spiro atoms. The van der Waals surface area contributed by atoms with E-state index in [2.05, 4.69) is 69.4 Å². The van der Waals surface area contributed by atoms with Gasteiger partial charge in [0.1, 0.15) is 13.2 Å². The first-order valence-corrected chi connectivity index (χ1v) is 29.6. The zero-order chi connectivity index (χ0) is 49.3. The molecule has 0 aromatic carbocycles. The molecular weight excluding hydrogens is 841 g/mol. The van der Waals surface area contributed by atoms with Crippen LogP contribution in [-0.2, 0) is 28.6 Å². The first-order chi connectivity index (χ1) is 33.5. The minimum Gasteiger partial charge on any atom is -0.462 e. The highest BCUT2D eigenvalue weighted by atomic mass is 16.6. The minimum atomic E-state index is -0.776. The van der Waals surface area contributed by atoms with Crippen LogP contribution in [0.25, 0.3) is 0 Å². The summed E-state index contributed by atoms with van der Waals surface area (Å²) in [6.07, 6.45) is 69.9. The summed E-state index contributed by atoms with van der Waals surface area (Å²) >= 11 is 0. The Labute approximate surface area is 422 Å². The highest BCUT2D eigenvalue weighted by molar-refractivity contribution is 5.71. The summed E-state index contributed by atoms with van der Waals surface area (Å²) < 4.78 is 16.8. The molecule has 0 saturated carbocycles. The number of carbonyl (C=O) groups excluding carboxylic acids is 3. The molecule has 0 amide bonds. The topological polar surface area (TPSA) is 78.9 Å². The van der Waals surface area contributed by atoms with E-state index in [0.717, 1.165) is 89.9 Å². The van der Waals surface area contributed by atoms with E-state index in [9.17, 15) is 14.4 Å². The number of allylic oxidation sites excluding steroid dienone is 8. The normalized spacial score (nSPS) is 12.3. The molecule has 0 aromatic rings. The lowest BCUT2D eigenvalue weighted by atomic mass is 10.0. The van der Waals surface area contributed by atoms with Gasteiger partial charge in [0, 0.05) is 19.3 Å². The molecule has 0 heterocycles. The van der Waals surface area contributed by atoms with Crippen LogP contribution in [0.2, 0.25) is 0 Å². The van der Waals surface area contributed by atoms with Gasteiger partial charge in [-0.3, -0.25) is 14.4 Å². The zero-order valence-corrected chi connectivity index (χ0v) is 45.4. The maximum absolute atomic E-state index is 12.8. The Morgan fingerprint density at radius 1 is 0.294 bits per heavy atom. The Morgan fingerprint density at radius 3 is 0.824 bits per heavy atom. The van der Waals surface area contributed by atoms with Crippen LogP contribution < -0.4 is 0 Å². The molecule has 0 aliphatic heterocycles. The van der Waals surface area contributed by atoms with Gasteiger partial charge in [-0.1, -0.05) is 256 Å². The van der Waals surface area contributed by atoms with Crippen LogP contribution in [0, 0.1) is 0 Å². The minimum absolute atomic E-state index is 0.0762. The smallest absolute Gasteiger partial charge is 0.306 e. The van der Waals surface area contributed by atoms with E-state index in [1.54, 1.807) is 0 Å². The van der Waals surface area contributed by atoms with Crippen molar-refractivity contribution in [3.05, 3.63) is 48.6 Å². The zero-order valence-electron chi connectivity index (χ0n) is 45.4. The molecule has 0 aliphatic carbocycles. The number of hydrogen-bond donors (Lipinski definition) is 0. The van der Waals surface area contributed by atoms with E-state index in [-0.39, 0.29) is 31.1 Å². The third kappa shape index (κ3) is 54.3. The summed E-state index contributed by atoms with van der Waals surface area (Å²) in [6.45, 7) is 6.59. The number of carbonyl (C=O) groups is 3. The van der Waals surface area contributed by atoms with E-state index in [1.807, 2.05) is 0 Å². The Balaban J connectivity index is 4.10. The van der Waals surface area contributed by atoms with E-state index in [0.29, 0.717) is 19.3 Å². The first kappa shape index (κ1) is 65.4. The molecule has 6 heteroatoms. The summed E-state index contributed by atoms with van der Waals surface area (Å²) in [5.74, 6) is -0.884. The van der Waals surface area contributed by atoms with Gasteiger partial charge in [0.25, 0.3) is 0 Å². The standard InChI is InChI=1S/C62H112O6/c1-4-7-10-13-16-18-20-22-24-26-27-28-29-30-31-32-33-34-35-36-38-39-41-43-46-49-52-55-61(64)67-58-59(57-66-60(63)54-51-48-45-15-12-9-6-3)68-62(65)56-53-50-47-44-42-40-37-25-23-21-19-17-14-11-8-5-2/h19-22,25-27,37,59H,4-18,23-24,28-36,38-58H2,1-3H3/b21-19-,22-20-,27-26-,37-25-. The van der Waals surface area contributed by atoms with Crippen molar-refractivity contribution >= 4 is 17.9 Å². The van der Waals surface area contributed by atoms with Crippen molar-refractivity contribution in [3.63, 3.8) is 0 Å². The van der Waals surface area contributed by atoms with E-state index >= 15 is 0 Å². The van der Waals surface area contributed by atoms with E-state index < -0.39 is 6.10 Å². The van der Waals surface area contributed by atoms with Crippen LogP contribution in [0.5, 0.6) is 0 Å². The van der Waals surface area contributed by atoms with Crippen molar-refractivity contribution in [2.45, 2.75) is 316 Å². The van der Waals surface area contributed by atoms with Crippen LogP contribution in [0.4, 0.5) is 0 Å². The number of rotatable bonds is 54. The number of unbranched alkanes of at least 4 members (excludes halogenated alkanes) is 35. The maximum atomic E-state index is 12.8. The van der Waals surface area contributed by atoms with Gasteiger partial charge in [0.2, 0.25) is 0 Å². The average molecular weight is 954 g/mol. The molecule has 0 saturated heterocycles. The van der Waals surface area contributed by atoms with Gasteiger partial charge in [-0.05, 0) is 83.5 Å². The monoisotopic (exact) mass is 953 g/mol. The molecule has 0 aromatic heterocycles. The summed E-state index contributed by atoms with van der Waals surface area (Å²) in [7, 11) is 0. The summed E-state index contributed by atoms with van der Waals surface area (Å²) in [5.41, 5.74) is 0. The molecule has 1 atom stereocenters. The van der Waals surface area contributed by atoms with Gasteiger partial charge >= 0.3 is 17.9 Å². The molecule has 6 nitrogen and oxygen atoms in total. The fourth-order valence-corrected chi connectivity index (χ4v) is 8.56. The SMILES string of the molecule is CCCCCC/C=C\C/C=C\CCCCCCCC(=O)OC(COC(=O)CCCCCCCCC)COC(=O)CCCCCCCCCCCCCCCCC/C=C\C/C=C\CCCCCCC. The largest absolute Gasteiger partial charge is 0.462 e. The van der Waals surface area contributed by atoms with Gasteiger partial charge in [0.15, 0.2) is 6.10 Å². The van der Waals surface area contributed by atoms with Crippen molar-refractivity contribution in [1.29, 1.82) is 0 Å². The second-order valence-electron chi connectivity index (χ2n) is 19.9. The van der Waals surface area contributed by atoms with Crippen molar-refractivity contribution in [2.75, 3.05) is 13.2 Å². The van der Waals surface area contributed by atoms with Crippen LogP contribution in [0.3, 0.4) is 0 Å². The van der Waals surface area contributed by atoms with Gasteiger partial charge in [-0.15, -0.1) is 0 Å². The van der Waals surface area contributed by atoms with E-state index in [4.69, 9.17) is 14.2 Å². The van der Waals surface area contributed by atoms with Gasteiger partial charge < -0.3 is 14.2 Å². The van der Waals surface area contributed by atoms with Gasteiger partial charge in [0.05, 0.1) is 0 Å². The van der Waals surface area contributed by atoms with Crippen LogP contribution in [-0.4, -0.2) is 37.2 Å². The quantitative estimate of drug-likeness (QED) is 0.0262. The molecule has 68 heavy (non-hydrogen) atoms. The highest BCUT2D eigenvalue weighted by Crippen LogP contribution is 2.16. The molecule has 396 valence electrons. The molecule has 0 radical (unpaired) electrons. The molecule has 0 N–H and O–H groups in total. The highest BCUT2D eigenvalue weighted by Gasteiger charge is 2.19. The fourth-order valence-electron chi connectivity index (χ4n) is 8.56.